The summed E-state index contributed by atoms with van der Waals surface area (Å²) < 4.78 is 1.76. The fourth-order valence-corrected chi connectivity index (χ4v) is 2.31. The summed E-state index contributed by atoms with van der Waals surface area (Å²) in [5, 5.41) is 17.2. The van der Waals surface area contributed by atoms with Crippen LogP contribution in [0.2, 0.25) is 0 Å². The number of aromatic nitrogens is 4. The van der Waals surface area contributed by atoms with E-state index in [0.29, 0.717) is 23.2 Å². The van der Waals surface area contributed by atoms with Gasteiger partial charge in [-0.1, -0.05) is 17.8 Å². The van der Waals surface area contributed by atoms with Crippen LogP contribution in [0.15, 0.2) is 28.2 Å². The predicted molar refractivity (Wildman–Crippen MR) is 70.1 cm³/mol. The van der Waals surface area contributed by atoms with Crippen LogP contribution in [0, 0.1) is 0 Å². The van der Waals surface area contributed by atoms with Crippen molar-refractivity contribution in [3.05, 3.63) is 28.6 Å². The highest BCUT2D eigenvalue weighted by atomic mass is 32.2. The fourth-order valence-electron chi connectivity index (χ4n) is 1.58. The Hall–Kier alpha value is -2.09. The van der Waals surface area contributed by atoms with Crippen molar-refractivity contribution in [1.82, 2.24) is 19.7 Å². The second-order valence-electron chi connectivity index (χ2n) is 3.66. The van der Waals surface area contributed by atoms with Gasteiger partial charge in [0.2, 0.25) is 5.56 Å². The molecule has 0 fully saturated rings. The molecule has 2 heterocycles. The van der Waals surface area contributed by atoms with Crippen LogP contribution < -0.4 is 5.56 Å². The van der Waals surface area contributed by atoms with Gasteiger partial charge in [0.15, 0.2) is 11.0 Å². The second-order valence-corrected chi connectivity index (χ2v) is 4.60. The Morgan fingerprint density at radius 2 is 2.26 bits per heavy atom. The topological polar surface area (TPSA) is 101 Å². The van der Waals surface area contributed by atoms with Crippen molar-refractivity contribution >= 4 is 17.7 Å². The van der Waals surface area contributed by atoms with Gasteiger partial charge in [-0.3, -0.25) is 9.59 Å². The zero-order valence-electron chi connectivity index (χ0n) is 10.2. The maximum absolute atomic E-state index is 11.3. The van der Waals surface area contributed by atoms with Gasteiger partial charge in [-0.25, -0.2) is 0 Å². The van der Waals surface area contributed by atoms with Crippen LogP contribution in [-0.4, -0.2) is 36.6 Å². The number of nitrogens with one attached hydrogen (secondary N) is 1. The lowest BCUT2D eigenvalue weighted by Crippen LogP contribution is -2.08. The summed E-state index contributed by atoms with van der Waals surface area (Å²) in [6, 6.07) is 4.77. The molecule has 19 heavy (non-hydrogen) atoms. The van der Waals surface area contributed by atoms with E-state index in [0.717, 1.165) is 11.8 Å². The normalized spacial score (nSPS) is 10.6. The predicted octanol–water partition coefficient (Wildman–Crippen LogP) is 0.830. The third-order valence-corrected chi connectivity index (χ3v) is 3.32. The molecule has 7 nitrogen and oxygen atoms in total. The fraction of sp³-hybridized carbons (Fsp3) is 0.273. The van der Waals surface area contributed by atoms with E-state index in [1.165, 1.54) is 6.07 Å². The summed E-state index contributed by atoms with van der Waals surface area (Å²) in [6.07, 6.45) is 0. The number of carbonyl (C=O) groups is 1. The number of aromatic amines is 1. The minimum atomic E-state index is -0.912. The van der Waals surface area contributed by atoms with Crippen LogP contribution in [0.25, 0.3) is 11.5 Å². The van der Waals surface area contributed by atoms with Crippen molar-refractivity contribution in [2.75, 3.05) is 5.75 Å². The minimum absolute atomic E-state index is 0.0799. The average Bonchev–Trinajstić information content (AvgIpc) is 2.79. The summed E-state index contributed by atoms with van der Waals surface area (Å²) in [4.78, 5) is 24.5. The first kappa shape index (κ1) is 13.3. The third kappa shape index (κ3) is 3.02. The van der Waals surface area contributed by atoms with Crippen LogP contribution in [0.5, 0.6) is 0 Å². The number of hydrogen-bond acceptors (Lipinski definition) is 5. The van der Waals surface area contributed by atoms with E-state index in [4.69, 9.17) is 5.11 Å². The lowest BCUT2D eigenvalue weighted by Gasteiger charge is -2.05. The Kier molecular flexibility index (Phi) is 4.00. The molecule has 0 spiro atoms. The van der Waals surface area contributed by atoms with Gasteiger partial charge in [-0.2, -0.15) is 0 Å². The largest absolute Gasteiger partial charge is 0.481 e. The Morgan fingerprint density at radius 3 is 2.89 bits per heavy atom. The Labute approximate surface area is 112 Å². The number of pyridine rings is 1. The van der Waals surface area contributed by atoms with Crippen LogP contribution in [0.1, 0.15) is 6.92 Å². The molecule has 0 aliphatic carbocycles. The van der Waals surface area contributed by atoms with E-state index in [-0.39, 0.29) is 11.3 Å². The first-order valence-corrected chi connectivity index (χ1v) is 6.58. The molecule has 0 saturated carbocycles. The SMILES string of the molecule is CCn1c(SCC(=O)O)nnc1-c1cccc(=O)[nH]1. The molecule has 0 aliphatic heterocycles. The summed E-state index contributed by atoms with van der Waals surface area (Å²) >= 11 is 1.10. The van der Waals surface area contributed by atoms with Crippen molar-refractivity contribution < 1.29 is 9.90 Å². The van der Waals surface area contributed by atoms with Crippen LogP contribution in [0.4, 0.5) is 0 Å². The molecule has 8 heteroatoms. The Bertz CT molecular complexity index is 649. The average molecular weight is 280 g/mol. The molecule has 0 aromatic carbocycles. The first-order chi connectivity index (χ1) is 9.11. The van der Waals surface area contributed by atoms with Crippen molar-refractivity contribution in [3.63, 3.8) is 0 Å². The van der Waals surface area contributed by atoms with Gasteiger partial charge in [0.1, 0.15) is 0 Å². The summed E-state index contributed by atoms with van der Waals surface area (Å²) in [6.45, 7) is 2.49. The van der Waals surface area contributed by atoms with E-state index in [9.17, 15) is 9.59 Å². The number of rotatable bonds is 5. The summed E-state index contributed by atoms with van der Waals surface area (Å²) in [5.41, 5.74) is 0.340. The molecule has 2 aromatic heterocycles. The van der Waals surface area contributed by atoms with E-state index in [1.807, 2.05) is 6.92 Å². The van der Waals surface area contributed by atoms with Gasteiger partial charge < -0.3 is 14.7 Å². The zero-order chi connectivity index (χ0) is 13.8. The van der Waals surface area contributed by atoms with Gasteiger partial charge in [-0.05, 0) is 13.0 Å². The van der Waals surface area contributed by atoms with Crippen molar-refractivity contribution in [2.24, 2.45) is 0 Å². The molecule has 0 bridgehead atoms. The highest BCUT2D eigenvalue weighted by Crippen LogP contribution is 2.21. The molecule has 0 saturated heterocycles. The number of hydrogen-bond donors (Lipinski definition) is 2. The molecule has 0 amide bonds. The monoisotopic (exact) mass is 280 g/mol. The van der Waals surface area contributed by atoms with Gasteiger partial charge in [0, 0.05) is 12.6 Å². The highest BCUT2D eigenvalue weighted by Gasteiger charge is 2.14. The molecule has 2 rings (SSSR count). The van der Waals surface area contributed by atoms with Gasteiger partial charge >= 0.3 is 5.97 Å². The summed E-state index contributed by atoms with van der Waals surface area (Å²) in [7, 11) is 0. The number of H-pyrrole nitrogens is 1. The lowest BCUT2D eigenvalue weighted by molar-refractivity contribution is -0.133. The molecule has 100 valence electrons. The second kappa shape index (κ2) is 5.70. The van der Waals surface area contributed by atoms with E-state index in [2.05, 4.69) is 15.2 Å². The maximum atomic E-state index is 11.3. The molecule has 2 aromatic rings. The molecule has 0 unspecified atom stereocenters. The van der Waals surface area contributed by atoms with Gasteiger partial charge in [-0.15, -0.1) is 10.2 Å². The number of carboxylic acids is 1. The zero-order valence-corrected chi connectivity index (χ0v) is 11.0. The van der Waals surface area contributed by atoms with Gasteiger partial charge in [0.05, 0.1) is 11.4 Å². The van der Waals surface area contributed by atoms with E-state index >= 15 is 0 Å². The lowest BCUT2D eigenvalue weighted by atomic mass is 10.3. The van der Waals surface area contributed by atoms with Crippen LogP contribution in [-0.2, 0) is 11.3 Å². The van der Waals surface area contributed by atoms with Crippen molar-refractivity contribution in [1.29, 1.82) is 0 Å². The standard InChI is InChI=1S/C11H12N4O3S/c1-2-15-10(7-4-3-5-8(16)12-7)13-14-11(15)19-6-9(17)18/h3-5H,2,6H2,1H3,(H,12,16)(H,17,18). The smallest absolute Gasteiger partial charge is 0.313 e. The molecule has 0 atom stereocenters. The molecule has 2 N–H and O–H groups in total. The minimum Gasteiger partial charge on any atom is -0.481 e. The van der Waals surface area contributed by atoms with Crippen LogP contribution >= 0.6 is 11.8 Å². The number of nitrogens with zero attached hydrogens (tertiary/aromatic N) is 3. The van der Waals surface area contributed by atoms with Gasteiger partial charge in [0.25, 0.3) is 0 Å². The quantitative estimate of drug-likeness (QED) is 0.787. The van der Waals surface area contributed by atoms with Crippen molar-refractivity contribution in [2.45, 2.75) is 18.6 Å². The van der Waals surface area contributed by atoms with E-state index < -0.39 is 5.97 Å². The molecule has 0 aliphatic rings. The summed E-state index contributed by atoms with van der Waals surface area (Å²) in [5.74, 6) is -0.470. The molecule has 0 radical (unpaired) electrons. The first-order valence-electron chi connectivity index (χ1n) is 5.59. The molecular weight excluding hydrogens is 268 g/mol. The number of carboxylic acid groups (broad SMARTS) is 1. The Morgan fingerprint density at radius 1 is 1.47 bits per heavy atom. The third-order valence-electron chi connectivity index (χ3n) is 2.37. The molecular formula is C11H12N4O3S. The number of thioether (sulfide) groups is 1. The Balaban J connectivity index is 2.36. The highest BCUT2D eigenvalue weighted by molar-refractivity contribution is 7.99. The van der Waals surface area contributed by atoms with Crippen molar-refractivity contribution in [3.8, 4) is 11.5 Å². The number of aliphatic carboxylic acids is 1. The van der Waals surface area contributed by atoms with Crippen LogP contribution in [0.3, 0.4) is 0 Å². The van der Waals surface area contributed by atoms with E-state index in [1.54, 1.807) is 16.7 Å². The maximum Gasteiger partial charge on any atom is 0.313 e.